The second kappa shape index (κ2) is 7.64. The van der Waals surface area contributed by atoms with Crippen LogP contribution in [0.1, 0.15) is 34.6 Å². The molecule has 4 rings (SSSR count). The first-order valence-corrected chi connectivity index (χ1v) is 12.4. The number of fused-ring (bicyclic) bond motifs is 1. The van der Waals surface area contributed by atoms with Crippen LogP contribution in [0.4, 0.5) is 0 Å². The Kier molecular flexibility index (Phi) is 5.47. The summed E-state index contributed by atoms with van der Waals surface area (Å²) in [5, 5.41) is 2.49. The minimum absolute atomic E-state index is 0.0160. The van der Waals surface area contributed by atoms with E-state index in [9.17, 15) is 0 Å². The molecule has 2 aliphatic rings. The lowest BCUT2D eigenvalue weighted by Gasteiger charge is -2.43. The van der Waals surface area contributed by atoms with Gasteiger partial charge in [-0.2, -0.15) is 0 Å². The van der Waals surface area contributed by atoms with Crippen LogP contribution in [0.15, 0.2) is 60.7 Å². The van der Waals surface area contributed by atoms with Crippen LogP contribution >= 0.6 is 0 Å². The van der Waals surface area contributed by atoms with E-state index in [1.807, 2.05) is 13.8 Å². The zero-order chi connectivity index (χ0) is 20.7. The van der Waals surface area contributed by atoms with E-state index in [0.717, 1.165) is 0 Å². The standard InChI is InChI=1S/C24H32O4Si/c1-23(2,3)29(18-12-8-6-9-13-18,19-14-10-7-11-15-19)26-17-20-22-21(16-25-20)27-24(4,5)28-22/h6-15,20-22H,16-17H2,1-5H3/t20-,21?,22-/m1/s1. The summed E-state index contributed by atoms with van der Waals surface area (Å²) in [7, 11) is -2.57. The Morgan fingerprint density at radius 1 is 0.931 bits per heavy atom. The van der Waals surface area contributed by atoms with E-state index in [2.05, 4.69) is 81.4 Å². The molecule has 0 radical (unpaired) electrons. The normalized spacial score (nSPS) is 26.4. The molecule has 0 saturated carbocycles. The van der Waals surface area contributed by atoms with E-state index in [-0.39, 0.29) is 23.4 Å². The molecule has 0 aromatic heterocycles. The fourth-order valence-electron chi connectivity index (χ4n) is 4.73. The van der Waals surface area contributed by atoms with Gasteiger partial charge in [0, 0.05) is 0 Å². The van der Waals surface area contributed by atoms with E-state index < -0.39 is 14.1 Å². The Bertz CT molecular complexity index is 776. The average molecular weight is 413 g/mol. The quantitative estimate of drug-likeness (QED) is 0.705. The second-order valence-electron chi connectivity index (χ2n) is 9.48. The molecule has 2 aromatic rings. The van der Waals surface area contributed by atoms with Gasteiger partial charge < -0.3 is 18.6 Å². The lowest BCUT2D eigenvalue weighted by atomic mass is 10.2. The van der Waals surface area contributed by atoms with Gasteiger partial charge in [0.15, 0.2) is 5.79 Å². The largest absolute Gasteiger partial charge is 0.405 e. The Balaban J connectivity index is 1.68. The highest BCUT2D eigenvalue weighted by Crippen LogP contribution is 2.39. The Morgan fingerprint density at radius 2 is 1.48 bits per heavy atom. The maximum absolute atomic E-state index is 7.00. The molecule has 0 bridgehead atoms. The number of ether oxygens (including phenoxy) is 3. The van der Waals surface area contributed by atoms with Crippen LogP contribution < -0.4 is 10.4 Å². The van der Waals surface area contributed by atoms with E-state index in [4.69, 9.17) is 18.6 Å². The SMILES string of the molecule is CC1(C)OC2CO[C@H](CO[Si](c3ccccc3)(c3ccccc3)C(C)(C)C)[C@H]2O1. The summed E-state index contributed by atoms with van der Waals surface area (Å²) in [6.45, 7) is 11.8. The molecule has 5 heteroatoms. The predicted molar refractivity (Wildman–Crippen MR) is 117 cm³/mol. The molecule has 2 heterocycles. The third-order valence-electron chi connectivity index (χ3n) is 5.94. The summed E-state index contributed by atoms with van der Waals surface area (Å²) >= 11 is 0. The van der Waals surface area contributed by atoms with Crippen molar-refractivity contribution in [3.05, 3.63) is 60.7 Å². The number of hydrogen-bond donors (Lipinski definition) is 0. The topological polar surface area (TPSA) is 36.9 Å². The molecule has 0 N–H and O–H groups in total. The van der Waals surface area contributed by atoms with E-state index >= 15 is 0 Å². The first kappa shape index (κ1) is 20.8. The molecule has 2 fully saturated rings. The van der Waals surface area contributed by atoms with Gasteiger partial charge in [0.05, 0.1) is 13.2 Å². The van der Waals surface area contributed by atoms with Crippen molar-refractivity contribution in [2.75, 3.05) is 13.2 Å². The molecule has 0 aliphatic carbocycles. The van der Waals surface area contributed by atoms with Gasteiger partial charge in [-0.3, -0.25) is 0 Å². The van der Waals surface area contributed by atoms with Crippen LogP contribution in [-0.2, 0) is 18.6 Å². The molecule has 0 amide bonds. The molecular weight excluding hydrogens is 380 g/mol. The highest BCUT2D eigenvalue weighted by atomic mass is 28.4. The van der Waals surface area contributed by atoms with Crippen LogP contribution in [0.2, 0.25) is 5.04 Å². The summed E-state index contributed by atoms with van der Waals surface area (Å²) in [6.07, 6.45) is -0.218. The summed E-state index contributed by atoms with van der Waals surface area (Å²) in [5.74, 6) is -0.561. The van der Waals surface area contributed by atoms with Crippen molar-refractivity contribution in [1.29, 1.82) is 0 Å². The summed E-state index contributed by atoms with van der Waals surface area (Å²) in [6, 6.07) is 21.4. The molecule has 2 saturated heterocycles. The highest BCUT2D eigenvalue weighted by molar-refractivity contribution is 6.99. The van der Waals surface area contributed by atoms with E-state index in [1.54, 1.807) is 0 Å². The lowest BCUT2D eigenvalue weighted by Crippen LogP contribution is -2.67. The average Bonchev–Trinajstić information content (AvgIpc) is 3.18. The molecule has 3 atom stereocenters. The van der Waals surface area contributed by atoms with E-state index in [1.165, 1.54) is 10.4 Å². The van der Waals surface area contributed by atoms with Crippen LogP contribution in [0.5, 0.6) is 0 Å². The van der Waals surface area contributed by atoms with Gasteiger partial charge >= 0.3 is 0 Å². The Hall–Kier alpha value is -1.50. The van der Waals surface area contributed by atoms with Gasteiger partial charge in [-0.05, 0) is 29.3 Å². The van der Waals surface area contributed by atoms with Gasteiger partial charge in [0.25, 0.3) is 8.32 Å². The van der Waals surface area contributed by atoms with Gasteiger partial charge in [-0.25, -0.2) is 0 Å². The fraction of sp³-hybridized carbons (Fsp3) is 0.500. The zero-order valence-electron chi connectivity index (χ0n) is 18.1. The molecule has 1 unspecified atom stereocenters. The maximum atomic E-state index is 7.00. The lowest BCUT2D eigenvalue weighted by molar-refractivity contribution is -0.177. The molecule has 2 aromatic carbocycles. The molecular formula is C24H32O4Si. The van der Waals surface area contributed by atoms with Gasteiger partial charge in [0.2, 0.25) is 0 Å². The van der Waals surface area contributed by atoms with Crippen molar-refractivity contribution in [1.82, 2.24) is 0 Å². The van der Waals surface area contributed by atoms with Gasteiger partial charge in [-0.1, -0.05) is 81.4 Å². The highest BCUT2D eigenvalue weighted by Gasteiger charge is 2.54. The molecule has 0 spiro atoms. The van der Waals surface area contributed by atoms with Crippen LogP contribution in [0.3, 0.4) is 0 Å². The smallest absolute Gasteiger partial charge is 0.261 e. The summed E-state index contributed by atoms with van der Waals surface area (Å²) in [5.41, 5.74) is 0. The van der Waals surface area contributed by atoms with Crippen molar-refractivity contribution in [2.24, 2.45) is 0 Å². The minimum Gasteiger partial charge on any atom is -0.405 e. The number of benzene rings is 2. The van der Waals surface area contributed by atoms with E-state index in [0.29, 0.717) is 13.2 Å². The fourth-order valence-corrected chi connectivity index (χ4v) is 9.30. The third kappa shape index (κ3) is 3.82. The number of rotatable bonds is 5. The summed E-state index contributed by atoms with van der Waals surface area (Å²) < 4.78 is 25.2. The maximum Gasteiger partial charge on any atom is 0.261 e. The predicted octanol–water partition coefficient (Wildman–Crippen LogP) is 3.48. The molecule has 29 heavy (non-hydrogen) atoms. The van der Waals surface area contributed by atoms with Crippen LogP contribution in [0, 0.1) is 0 Å². The van der Waals surface area contributed by atoms with Crippen molar-refractivity contribution < 1.29 is 18.6 Å². The molecule has 156 valence electrons. The van der Waals surface area contributed by atoms with Gasteiger partial charge in [-0.15, -0.1) is 0 Å². The second-order valence-corrected chi connectivity index (χ2v) is 13.8. The number of hydrogen-bond acceptors (Lipinski definition) is 4. The Morgan fingerprint density at radius 3 is 2.00 bits per heavy atom. The van der Waals surface area contributed by atoms with Crippen LogP contribution in [-0.4, -0.2) is 45.6 Å². The minimum atomic E-state index is -2.57. The van der Waals surface area contributed by atoms with Gasteiger partial charge in [0.1, 0.15) is 18.3 Å². The van der Waals surface area contributed by atoms with Crippen LogP contribution in [0.25, 0.3) is 0 Å². The zero-order valence-corrected chi connectivity index (χ0v) is 19.1. The first-order valence-electron chi connectivity index (χ1n) is 10.5. The third-order valence-corrected chi connectivity index (χ3v) is 10.9. The first-order chi connectivity index (χ1) is 13.7. The van der Waals surface area contributed by atoms with Crippen molar-refractivity contribution >= 4 is 18.7 Å². The monoisotopic (exact) mass is 412 g/mol. The van der Waals surface area contributed by atoms with Crippen molar-refractivity contribution in [2.45, 2.75) is 63.8 Å². The molecule has 2 aliphatic heterocycles. The Labute approximate surface area is 175 Å². The summed E-state index contributed by atoms with van der Waals surface area (Å²) in [4.78, 5) is 0. The van der Waals surface area contributed by atoms with Crippen molar-refractivity contribution in [3.8, 4) is 0 Å². The van der Waals surface area contributed by atoms with Crippen molar-refractivity contribution in [3.63, 3.8) is 0 Å². The molecule has 4 nitrogen and oxygen atoms in total.